The van der Waals surface area contributed by atoms with Crippen LogP contribution in [-0.2, 0) is 29.0 Å². The van der Waals surface area contributed by atoms with E-state index < -0.39 is 45.8 Å². The Balaban J connectivity index is 1.11. The summed E-state index contributed by atoms with van der Waals surface area (Å²) in [4.78, 5) is 38.4. The molecular weight excluding hydrogens is 915 g/mol. The Labute approximate surface area is 407 Å². The molecule has 2 aliphatic carbocycles. The van der Waals surface area contributed by atoms with E-state index in [4.69, 9.17) is 25.0 Å². The predicted molar refractivity (Wildman–Crippen MR) is 254 cm³/mol. The lowest BCUT2D eigenvalue weighted by atomic mass is 9.67. The number of methoxy groups -OCH3 is 1. The van der Waals surface area contributed by atoms with Crippen molar-refractivity contribution < 1.29 is 42.9 Å². The number of rotatable bonds is 12. The van der Waals surface area contributed by atoms with E-state index in [2.05, 4.69) is 44.6 Å². The van der Waals surface area contributed by atoms with Crippen LogP contribution in [0.1, 0.15) is 139 Å². The number of ether oxygens (including phenoxy) is 1. The van der Waals surface area contributed by atoms with Crippen LogP contribution in [0.3, 0.4) is 0 Å². The van der Waals surface area contributed by atoms with E-state index in [0.29, 0.717) is 82.6 Å². The molecule has 0 saturated heterocycles. The summed E-state index contributed by atoms with van der Waals surface area (Å²) in [5.74, 6) is 9.65. The summed E-state index contributed by atoms with van der Waals surface area (Å²) in [6.45, 7) is 10.7. The van der Waals surface area contributed by atoms with Crippen molar-refractivity contribution in [1.29, 1.82) is 0 Å². The molecule has 368 valence electrons. The Kier molecular flexibility index (Phi) is 11.5. The van der Waals surface area contributed by atoms with E-state index in [-0.39, 0.29) is 72.1 Å². The molecular formula is C52H54F2N10O7. The fourth-order valence-corrected chi connectivity index (χ4v) is 10.4. The van der Waals surface area contributed by atoms with Gasteiger partial charge in [0.05, 0.1) is 53.0 Å². The molecule has 0 spiro atoms. The molecule has 12 rings (SSSR count). The fraction of sp³-hybridized carbons (Fsp3) is 0.423. The molecule has 2 amide bonds. The molecule has 19 heteroatoms. The van der Waals surface area contributed by atoms with Crippen molar-refractivity contribution in [3.63, 3.8) is 0 Å². The topological polar surface area (TPSA) is 234 Å². The molecule has 1 unspecified atom stereocenters. The summed E-state index contributed by atoms with van der Waals surface area (Å²) < 4.78 is 48.5. The Hall–Kier alpha value is -7.00. The fourth-order valence-electron chi connectivity index (χ4n) is 10.4. The number of aliphatic hydroxyl groups is 3. The van der Waals surface area contributed by atoms with Gasteiger partial charge < -0.3 is 50.1 Å². The van der Waals surface area contributed by atoms with Crippen LogP contribution < -0.4 is 16.4 Å². The Morgan fingerprint density at radius 1 is 0.930 bits per heavy atom. The average molecular weight is 969 g/mol. The minimum absolute atomic E-state index is 0.00295. The SMILES string of the molecule is COCCNCc1c(C(N)=O)nc2n1C1CC(NC(=O)c3nc4n(c3-c3cnn(CC(C)(C)O)c3)C3CC(C3)c3cc(F)c(C#CC(C)(O)c5cc(C)on5)cc3-4)(C1)c1cc(F)c(C#CC(C)(C)O)cc1-2. The number of nitrogens with zero attached hydrogens (tertiary/aromatic N) is 7. The van der Waals surface area contributed by atoms with Crippen molar-refractivity contribution >= 4 is 11.8 Å². The van der Waals surface area contributed by atoms with Crippen molar-refractivity contribution in [3.8, 4) is 57.7 Å². The highest BCUT2D eigenvalue weighted by molar-refractivity contribution is 6.00. The molecule has 4 aliphatic heterocycles. The summed E-state index contributed by atoms with van der Waals surface area (Å²) in [5.41, 5.74) is 4.23. The summed E-state index contributed by atoms with van der Waals surface area (Å²) >= 11 is 0. The van der Waals surface area contributed by atoms with Crippen molar-refractivity contribution in [3.05, 3.63) is 105 Å². The number of nitrogens with two attached hydrogens (primary N) is 1. The van der Waals surface area contributed by atoms with E-state index in [0.717, 1.165) is 0 Å². The van der Waals surface area contributed by atoms with Crippen molar-refractivity contribution in [1.82, 2.24) is 44.7 Å². The summed E-state index contributed by atoms with van der Waals surface area (Å²) in [5, 5.41) is 47.5. The first kappa shape index (κ1) is 47.7. The van der Waals surface area contributed by atoms with Gasteiger partial charge in [0.1, 0.15) is 40.3 Å². The maximum Gasteiger partial charge on any atom is 0.272 e. The minimum Gasteiger partial charge on any atom is -0.389 e. The number of carbonyl (C=O) groups excluding carboxylic acids is 2. The monoisotopic (exact) mass is 968 g/mol. The predicted octanol–water partition coefficient (Wildman–Crippen LogP) is 5.25. The van der Waals surface area contributed by atoms with Crippen LogP contribution in [0, 0.1) is 42.2 Å². The first-order chi connectivity index (χ1) is 33.5. The zero-order valence-electron chi connectivity index (χ0n) is 40.4. The third-order valence-corrected chi connectivity index (χ3v) is 13.7. The molecule has 7 N–H and O–H groups in total. The number of aryl methyl sites for hydroxylation is 1. The number of carbonyl (C=O) groups is 2. The highest BCUT2D eigenvalue weighted by Gasteiger charge is 2.54. The number of halogens is 2. The Morgan fingerprint density at radius 3 is 2.27 bits per heavy atom. The van der Waals surface area contributed by atoms with Crippen molar-refractivity contribution in [2.45, 2.75) is 121 Å². The molecule has 0 radical (unpaired) electrons. The lowest BCUT2D eigenvalue weighted by molar-refractivity contribution is 0.0577. The number of hydrogen-bond donors (Lipinski definition) is 6. The summed E-state index contributed by atoms with van der Waals surface area (Å²) in [7, 11) is 1.58. The van der Waals surface area contributed by atoms with Gasteiger partial charge in [-0.1, -0.05) is 28.8 Å². The first-order valence-corrected chi connectivity index (χ1v) is 23.5. The van der Waals surface area contributed by atoms with E-state index in [1.807, 2.05) is 9.13 Å². The average Bonchev–Trinajstić information content (AvgIpc) is 4.03. The van der Waals surface area contributed by atoms with Crippen LogP contribution in [0.4, 0.5) is 8.78 Å². The van der Waals surface area contributed by atoms with Crippen LogP contribution >= 0.6 is 0 Å². The maximum atomic E-state index is 16.5. The molecule has 6 aromatic rings. The van der Waals surface area contributed by atoms with Crippen LogP contribution in [0.2, 0.25) is 0 Å². The van der Waals surface area contributed by atoms with Crippen LogP contribution in [-0.4, -0.2) is 92.6 Å². The number of imidazole rings is 2. The smallest absolute Gasteiger partial charge is 0.272 e. The second kappa shape index (κ2) is 17.1. The Bertz CT molecular complexity index is 3300. The van der Waals surface area contributed by atoms with Crippen LogP contribution in [0.15, 0.2) is 47.2 Å². The lowest BCUT2D eigenvalue weighted by Crippen LogP contribution is -2.54. The van der Waals surface area contributed by atoms with Gasteiger partial charge in [-0.2, -0.15) is 5.10 Å². The van der Waals surface area contributed by atoms with Gasteiger partial charge in [-0.05, 0) is 109 Å². The zero-order chi connectivity index (χ0) is 50.5. The first-order valence-electron chi connectivity index (χ1n) is 23.5. The second-order valence-electron chi connectivity index (χ2n) is 20.5. The van der Waals surface area contributed by atoms with Crippen LogP contribution in [0.5, 0.6) is 0 Å². The van der Waals surface area contributed by atoms with E-state index >= 15 is 13.6 Å². The largest absolute Gasteiger partial charge is 0.389 e. The molecule has 2 aromatic carbocycles. The molecule has 71 heavy (non-hydrogen) atoms. The molecule has 4 bridgehead atoms. The molecule has 2 saturated carbocycles. The number of hydrogen-bond acceptors (Lipinski definition) is 12. The number of aromatic nitrogens is 7. The standard InChI is InChI=1S/C52H54F2N10O7/c1-27-14-41(61-71-27)51(6,69)11-9-29-17-35-34(19-38(29)53)30-15-32(16-30)64-44(31-23-57-62(25-31)26-50(4,5)68)43(59-46(35)64)48(66)60-52-21-33(22-52)63-40(24-56-12-13-70-7)42(45(55)65)58-47(63)36-18-28(8-10-49(2,3)67)39(54)20-37(36)52/h14,17-20,23,25,30,32-33,56,67-69H,12-13,15-16,21-22,24,26H2,1-7H3,(H2,55,65)(H,60,66). The van der Waals surface area contributed by atoms with Gasteiger partial charge in [0.25, 0.3) is 11.8 Å². The van der Waals surface area contributed by atoms with E-state index in [1.165, 1.54) is 39.0 Å². The number of nitrogens with one attached hydrogen (secondary N) is 2. The van der Waals surface area contributed by atoms with Crippen molar-refractivity contribution in [2.24, 2.45) is 5.73 Å². The minimum atomic E-state index is -1.77. The second-order valence-corrected chi connectivity index (χ2v) is 20.5. The molecule has 8 heterocycles. The number of amides is 2. The third kappa shape index (κ3) is 8.61. The van der Waals surface area contributed by atoms with Gasteiger partial charge in [0, 0.05) is 61.2 Å². The molecule has 1 atom stereocenters. The molecule has 4 aromatic heterocycles. The maximum absolute atomic E-state index is 16.5. The lowest BCUT2D eigenvalue weighted by Gasteiger charge is -2.48. The Morgan fingerprint density at radius 2 is 1.61 bits per heavy atom. The van der Waals surface area contributed by atoms with Crippen molar-refractivity contribution in [2.75, 3.05) is 20.3 Å². The highest BCUT2D eigenvalue weighted by atomic mass is 19.1. The van der Waals surface area contributed by atoms with Gasteiger partial charge in [-0.25, -0.2) is 18.7 Å². The van der Waals surface area contributed by atoms with Gasteiger partial charge in [-0.15, -0.1) is 0 Å². The summed E-state index contributed by atoms with van der Waals surface area (Å²) in [6, 6.07) is 7.00. The zero-order valence-corrected chi connectivity index (χ0v) is 40.4. The van der Waals surface area contributed by atoms with Crippen LogP contribution in [0.25, 0.3) is 34.0 Å². The third-order valence-electron chi connectivity index (χ3n) is 13.7. The van der Waals surface area contributed by atoms with Gasteiger partial charge >= 0.3 is 0 Å². The van der Waals surface area contributed by atoms with Gasteiger partial charge in [0.15, 0.2) is 17.0 Å². The van der Waals surface area contributed by atoms with E-state index in [9.17, 15) is 20.1 Å². The van der Waals surface area contributed by atoms with E-state index in [1.54, 1.807) is 57.1 Å². The van der Waals surface area contributed by atoms with Gasteiger partial charge in [-0.3, -0.25) is 14.3 Å². The molecule has 6 aliphatic rings. The molecule has 2 fully saturated rings. The summed E-state index contributed by atoms with van der Waals surface area (Å²) in [6.07, 6.45) is 5.16. The normalized spacial score (nSPS) is 20.2. The quantitative estimate of drug-likeness (QED) is 0.0683. The molecule has 17 nitrogen and oxygen atoms in total. The highest BCUT2D eigenvalue weighted by Crippen LogP contribution is 2.57. The number of benzene rings is 2. The number of primary amides is 1. The van der Waals surface area contributed by atoms with Gasteiger partial charge in [0.2, 0.25) is 0 Å².